The summed E-state index contributed by atoms with van der Waals surface area (Å²) in [5, 5.41) is 32.4. The summed E-state index contributed by atoms with van der Waals surface area (Å²) in [4.78, 5) is 69.3. The number of nitrogens with zero attached hydrogens (tertiary/aromatic N) is 1. The van der Waals surface area contributed by atoms with Crippen molar-refractivity contribution in [2.45, 2.75) is 81.6 Å². The highest BCUT2D eigenvalue weighted by molar-refractivity contribution is 5.96. The van der Waals surface area contributed by atoms with Gasteiger partial charge in [-0.05, 0) is 98.1 Å². The van der Waals surface area contributed by atoms with Crippen LogP contribution in [0.4, 0.5) is 0 Å². The largest absolute Gasteiger partial charge is 0.508 e. The van der Waals surface area contributed by atoms with Crippen LogP contribution in [0.3, 0.4) is 0 Å². The van der Waals surface area contributed by atoms with E-state index in [1.807, 2.05) is 0 Å². The number of likely N-dealkylation sites (tertiary alicyclic amines) is 1. The second-order valence-electron chi connectivity index (χ2n) is 13.0. The summed E-state index contributed by atoms with van der Waals surface area (Å²) in [7, 11) is 0. The molecule has 0 unspecified atom stereocenters. The van der Waals surface area contributed by atoms with Gasteiger partial charge in [0, 0.05) is 32.5 Å². The van der Waals surface area contributed by atoms with Crippen LogP contribution in [0.2, 0.25) is 0 Å². The third-order valence-electron chi connectivity index (χ3n) is 9.25. The van der Waals surface area contributed by atoms with E-state index in [1.165, 1.54) is 17.0 Å². The molecule has 5 atom stereocenters. The first-order valence-electron chi connectivity index (χ1n) is 17.5. The van der Waals surface area contributed by atoms with E-state index in [0.29, 0.717) is 54.5 Å². The maximum Gasteiger partial charge on any atom is 0.246 e. The smallest absolute Gasteiger partial charge is 0.246 e. The molecule has 2 heterocycles. The molecule has 0 spiro atoms. The van der Waals surface area contributed by atoms with E-state index in [9.17, 15) is 34.2 Å². The summed E-state index contributed by atoms with van der Waals surface area (Å²) >= 11 is 0. The molecule has 4 rings (SSSR count). The molecule has 16 heteroatoms. The molecule has 5 amide bonds. The van der Waals surface area contributed by atoms with Crippen molar-refractivity contribution in [3.63, 3.8) is 0 Å². The summed E-state index contributed by atoms with van der Waals surface area (Å²) in [6.07, 6.45) is 1.92. The van der Waals surface area contributed by atoms with Crippen molar-refractivity contribution in [3.8, 4) is 22.6 Å². The molecule has 1 fully saturated rings. The molecule has 2 aromatic carbocycles. The second-order valence-corrected chi connectivity index (χ2v) is 13.0. The van der Waals surface area contributed by atoms with Gasteiger partial charge in [-0.3, -0.25) is 24.0 Å². The first-order valence-corrected chi connectivity index (χ1v) is 17.5. The van der Waals surface area contributed by atoms with Crippen LogP contribution in [0.25, 0.3) is 11.1 Å². The topological polar surface area (TPSA) is 281 Å². The maximum absolute atomic E-state index is 14.4. The fraction of sp³-hybridized carbons (Fsp3) is 0.514. The van der Waals surface area contributed by atoms with E-state index < -0.39 is 59.7 Å². The standard InChI is InChI=1S/C35H51N9O7/c36-11-1-4-25(32(48)40-14-13-38)42-34(50)28-6-3-15-44(28)35(51)27-19-23-17-21(8-10-30(23)46)20-7-9-29(45)22(16-20)18-24(39)31(47)41-26(5-2-12-37)33(49)43-27/h7-10,16-17,24-28,45-46H,1-6,11-15,18-19,36-39H2,(H,40,48)(H,41,47)(H,42,50)(H,43,49)/t24-,25-,26+,27+,28-/m0/s1. The van der Waals surface area contributed by atoms with Gasteiger partial charge in [0.2, 0.25) is 29.5 Å². The number of benzene rings is 2. The fourth-order valence-corrected chi connectivity index (χ4v) is 6.43. The molecule has 51 heavy (non-hydrogen) atoms. The van der Waals surface area contributed by atoms with E-state index >= 15 is 0 Å². The molecule has 16 nitrogen and oxygen atoms in total. The van der Waals surface area contributed by atoms with Gasteiger partial charge < -0.3 is 59.3 Å². The number of carbonyl (C=O) groups is 5. The van der Waals surface area contributed by atoms with Crippen LogP contribution in [0.1, 0.15) is 49.7 Å². The molecule has 0 aliphatic carbocycles. The van der Waals surface area contributed by atoms with Crippen molar-refractivity contribution in [2.75, 3.05) is 32.7 Å². The lowest BCUT2D eigenvalue weighted by atomic mass is 9.95. The SMILES string of the molecule is NCCC[C@H](NC(=O)[C@@H]1CCCN1C(=O)[C@H]1Cc2cc(ccc2O)-c2ccc(O)c(c2)C[C@H](N)C(=O)N[C@H](CCCN)C(=O)N1)C(=O)NCCN. The number of phenolic OH excluding ortho intramolecular Hbond substituents is 2. The Bertz CT molecular complexity index is 1570. The summed E-state index contributed by atoms with van der Waals surface area (Å²) in [6.45, 7) is 1.20. The fourth-order valence-electron chi connectivity index (χ4n) is 6.43. The highest BCUT2D eigenvalue weighted by atomic mass is 16.3. The number of rotatable bonds is 12. The number of amides is 5. The molecule has 14 N–H and O–H groups in total. The van der Waals surface area contributed by atoms with E-state index in [2.05, 4.69) is 21.3 Å². The molecule has 4 bridgehead atoms. The van der Waals surface area contributed by atoms with Gasteiger partial charge in [-0.15, -0.1) is 0 Å². The van der Waals surface area contributed by atoms with Crippen molar-refractivity contribution in [1.29, 1.82) is 0 Å². The molecular weight excluding hydrogens is 658 g/mol. The highest BCUT2D eigenvalue weighted by Gasteiger charge is 2.40. The monoisotopic (exact) mass is 709 g/mol. The first kappa shape index (κ1) is 39.0. The molecule has 1 saturated heterocycles. The van der Waals surface area contributed by atoms with Crippen molar-refractivity contribution < 1.29 is 34.2 Å². The third-order valence-corrected chi connectivity index (χ3v) is 9.25. The summed E-state index contributed by atoms with van der Waals surface area (Å²) in [5.74, 6) is -2.99. The number of hydrogen-bond acceptors (Lipinski definition) is 11. The van der Waals surface area contributed by atoms with E-state index in [0.717, 1.165) is 0 Å². The lowest BCUT2D eigenvalue weighted by molar-refractivity contribution is -0.142. The predicted molar refractivity (Wildman–Crippen MR) is 190 cm³/mol. The molecule has 0 saturated carbocycles. The van der Waals surface area contributed by atoms with Crippen molar-refractivity contribution in [1.82, 2.24) is 26.2 Å². The summed E-state index contributed by atoms with van der Waals surface area (Å²) < 4.78 is 0. The zero-order valence-electron chi connectivity index (χ0n) is 28.7. The molecule has 2 aromatic rings. The third kappa shape index (κ3) is 10.2. The summed E-state index contributed by atoms with van der Waals surface area (Å²) in [6, 6.07) is 4.37. The molecular formula is C35H51N9O7. The van der Waals surface area contributed by atoms with Crippen molar-refractivity contribution in [2.24, 2.45) is 22.9 Å². The minimum Gasteiger partial charge on any atom is -0.508 e. The molecule has 0 aromatic heterocycles. The Labute approximate surface area is 297 Å². The van der Waals surface area contributed by atoms with Gasteiger partial charge >= 0.3 is 0 Å². The lowest BCUT2D eigenvalue weighted by Gasteiger charge is -2.31. The van der Waals surface area contributed by atoms with Crippen LogP contribution in [-0.4, -0.2) is 108 Å². The average Bonchev–Trinajstić information content (AvgIpc) is 3.61. The average molecular weight is 710 g/mol. The number of nitrogens with one attached hydrogen (secondary N) is 4. The van der Waals surface area contributed by atoms with Gasteiger partial charge in [-0.1, -0.05) is 12.1 Å². The number of phenols is 2. The Morgan fingerprint density at radius 3 is 2.16 bits per heavy atom. The van der Waals surface area contributed by atoms with E-state index in [4.69, 9.17) is 22.9 Å². The molecule has 278 valence electrons. The minimum absolute atomic E-state index is 0.0248. The van der Waals surface area contributed by atoms with Gasteiger partial charge in [0.15, 0.2) is 0 Å². The van der Waals surface area contributed by atoms with Crippen LogP contribution < -0.4 is 44.2 Å². The Kier molecular flexibility index (Phi) is 14.1. The van der Waals surface area contributed by atoms with E-state index in [1.54, 1.807) is 24.3 Å². The van der Waals surface area contributed by atoms with Crippen LogP contribution in [0.5, 0.6) is 11.5 Å². The Hall–Kier alpha value is -4.77. The first-order chi connectivity index (χ1) is 24.5. The number of aromatic hydroxyl groups is 2. The zero-order chi connectivity index (χ0) is 37.1. The van der Waals surface area contributed by atoms with Gasteiger partial charge in [0.25, 0.3) is 0 Å². The van der Waals surface area contributed by atoms with Crippen LogP contribution in [-0.2, 0) is 36.8 Å². The summed E-state index contributed by atoms with van der Waals surface area (Å²) in [5.41, 5.74) is 25.2. The quantitative estimate of drug-likeness (QED) is 0.117. The number of carbonyl (C=O) groups excluding carboxylic acids is 5. The lowest BCUT2D eigenvalue weighted by Crippen LogP contribution is -2.59. The Morgan fingerprint density at radius 2 is 1.53 bits per heavy atom. The van der Waals surface area contributed by atoms with Crippen LogP contribution >= 0.6 is 0 Å². The Balaban J connectivity index is 1.69. The number of fused-ring (bicyclic) bond motifs is 5. The Morgan fingerprint density at radius 1 is 0.882 bits per heavy atom. The van der Waals surface area contributed by atoms with Gasteiger partial charge in [-0.2, -0.15) is 0 Å². The van der Waals surface area contributed by atoms with Gasteiger partial charge in [0.1, 0.15) is 35.7 Å². The second kappa shape index (κ2) is 18.5. The van der Waals surface area contributed by atoms with Crippen molar-refractivity contribution in [3.05, 3.63) is 47.5 Å². The van der Waals surface area contributed by atoms with Crippen molar-refractivity contribution >= 4 is 29.5 Å². The molecule has 2 aliphatic rings. The highest BCUT2D eigenvalue weighted by Crippen LogP contribution is 2.31. The normalized spacial score (nSPS) is 21.5. The zero-order valence-corrected chi connectivity index (χ0v) is 28.7. The van der Waals surface area contributed by atoms with Crippen LogP contribution in [0.15, 0.2) is 36.4 Å². The van der Waals surface area contributed by atoms with Gasteiger partial charge in [0.05, 0.1) is 6.04 Å². The number of hydrogen-bond donors (Lipinski definition) is 10. The molecule has 2 aliphatic heterocycles. The minimum atomic E-state index is -1.26. The number of nitrogens with two attached hydrogens (primary N) is 4. The maximum atomic E-state index is 14.4. The molecule has 0 radical (unpaired) electrons. The predicted octanol–water partition coefficient (Wildman–Crippen LogP) is -1.81. The van der Waals surface area contributed by atoms with Gasteiger partial charge in [-0.25, -0.2) is 0 Å². The van der Waals surface area contributed by atoms with Crippen LogP contribution in [0, 0.1) is 0 Å². The van der Waals surface area contributed by atoms with E-state index in [-0.39, 0.29) is 63.4 Å².